The van der Waals surface area contributed by atoms with E-state index in [4.69, 9.17) is 4.18 Å². The molecule has 1 saturated carbocycles. The van der Waals surface area contributed by atoms with E-state index in [0.29, 0.717) is 6.54 Å². The average molecular weight is 569 g/mol. The first-order chi connectivity index (χ1) is 16.7. The first-order valence-corrected chi connectivity index (χ1v) is 12.7. The Morgan fingerprint density at radius 2 is 2.17 bits per heavy atom. The summed E-state index contributed by atoms with van der Waals surface area (Å²) in [5, 5.41) is 17.2. The van der Waals surface area contributed by atoms with Gasteiger partial charge in [-0.05, 0) is 23.8 Å². The zero-order valence-corrected chi connectivity index (χ0v) is 20.8. The third-order valence-corrected chi connectivity index (χ3v) is 6.96. The number of alkyl halides is 1. The van der Waals surface area contributed by atoms with E-state index in [0.717, 1.165) is 17.1 Å². The molecular weight excluding hydrogens is 547 g/mol. The molecule has 1 aliphatic rings. The maximum absolute atomic E-state index is 14.7. The lowest BCUT2D eigenvalue weighted by molar-refractivity contribution is 0.0248. The fourth-order valence-electron chi connectivity index (χ4n) is 3.73. The molecule has 0 spiro atoms. The highest BCUT2D eigenvalue weighted by atomic mass is 79.9. The van der Waals surface area contributed by atoms with Crippen LogP contribution in [0.2, 0.25) is 0 Å². The lowest BCUT2D eigenvalue weighted by Crippen LogP contribution is -2.35. The Morgan fingerprint density at radius 1 is 1.37 bits per heavy atom. The van der Waals surface area contributed by atoms with E-state index in [1.807, 2.05) is 29.0 Å². The van der Waals surface area contributed by atoms with Crippen LogP contribution in [0.4, 0.5) is 10.2 Å². The van der Waals surface area contributed by atoms with Gasteiger partial charge in [-0.2, -0.15) is 18.2 Å². The van der Waals surface area contributed by atoms with Crippen molar-refractivity contribution in [1.82, 2.24) is 24.5 Å². The molecule has 1 fully saturated rings. The van der Waals surface area contributed by atoms with Crippen molar-refractivity contribution in [1.29, 1.82) is 0 Å². The van der Waals surface area contributed by atoms with E-state index in [9.17, 15) is 22.7 Å². The van der Waals surface area contributed by atoms with Crippen LogP contribution in [0.3, 0.4) is 0 Å². The SMILES string of the molecule is CNS(=O)(=O)O[C@@H]1C[C@@H](Nc2ncncc2C(=O)c2ccn(Cc3cccc(Br)c3)n2)[C@@H](F)[C@@H]1O. The first kappa shape index (κ1) is 25.3. The molecular formula is C21H22BrFN6O5S. The highest BCUT2D eigenvalue weighted by molar-refractivity contribution is 9.10. The van der Waals surface area contributed by atoms with Crippen molar-refractivity contribution in [3.8, 4) is 0 Å². The topological polar surface area (TPSA) is 148 Å². The Bertz CT molecular complexity index is 1320. The van der Waals surface area contributed by atoms with Gasteiger partial charge in [-0.3, -0.25) is 13.7 Å². The predicted octanol–water partition coefficient (Wildman–Crippen LogP) is 1.45. The summed E-state index contributed by atoms with van der Waals surface area (Å²) in [5.74, 6) is -0.455. The van der Waals surface area contributed by atoms with Gasteiger partial charge in [0.15, 0.2) is 0 Å². The monoisotopic (exact) mass is 568 g/mol. The van der Waals surface area contributed by atoms with Crippen molar-refractivity contribution in [3.05, 3.63) is 70.3 Å². The van der Waals surface area contributed by atoms with Gasteiger partial charge >= 0.3 is 10.3 Å². The van der Waals surface area contributed by atoms with Gasteiger partial charge in [0.2, 0.25) is 5.78 Å². The molecule has 2 aromatic heterocycles. The summed E-state index contributed by atoms with van der Waals surface area (Å²) >= 11 is 3.42. The zero-order chi connectivity index (χ0) is 25.2. The largest absolute Gasteiger partial charge is 0.387 e. The molecule has 3 N–H and O–H groups in total. The fraction of sp³-hybridized carbons (Fsp3) is 0.333. The molecule has 0 unspecified atom stereocenters. The number of hydrogen-bond donors (Lipinski definition) is 3. The number of halogens is 2. The van der Waals surface area contributed by atoms with Gasteiger partial charge in [0.25, 0.3) is 0 Å². The Kier molecular flexibility index (Phi) is 7.56. The highest BCUT2D eigenvalue weighted by Gasteiger charge is 2.46. The van der Waals surface area contributed by atoms with Gasteiger partial charge in [-0.1, -0.05) is 28.1 Å². The molecule has 1 aromatic carbocycles. The zero-order valence-electron chi connectivity index (χ0n) is 18.4. The molecule has 0 amide bonds. The van der Waals surface area contributed by atoms with Crippen LogP contribution in [0.1, 0.15) is 28.0 Å². The van der Waals surface area contributed by atoms with Gasteiger partial charge in [-0.15, -0.1) is 0 Å². The quantitative estimate of drug-likeness (QED) is 0.326. The van der Waals surface area contributed by atoms with Gasteiger partial charge in [0, 0.05) is 30.3 Å². The molecule has 0 saturated heterocycles. The Morgan fingerprint density at radius 3 is 2.91 bits per heavy atom. The van der Waals surface area contributed by atoms with E-state index in [1.54, 1.807) is 16.9 Å². The molecule has 1 aliphatic carbocycles. The number of ketones is 1. The van der Waals surface area contributed by atoms with Crippen LogP contribution in [-0.2, 0) is 21.0 Å². The van der Waals surface area contributed by atoms with Crippen molar-refractivity contribution in [2.45, 2.75) is 37.4 Å². The number of nitrogens with one attached hydrogen (secondary N) is 2. The van der Waals surface area contributed by atoms with Crippen molar-refractivity contribution < 1.29 is 26.9 Å². The molecule has 2 heterocycles. The van der Waals surface area contributed by atoms with Crippen LogP contribution in [0, 0.1) is 0 Å². The number of benzene rings is 1. The van der Waals surface area contributed by atoms with E-state index >= 15 is 0 Å². The number of aromatic nitrogens is 4. The molecule has 11 nitrogen and oxygen atoms in total. The number of anilines is 1. The highest BCUT2D eigenvalue weighted by Crippen LogP contribution is 2.30. The summed E-state index contributed by atoms with van der Waals surface area (Å²) in [6.45, 7) is 0.448. The van der Waals surface area contributed by atoms with Gasteiger partial charge in [-0.25, -0.2) is 14.4 Å². The summed E-state index contributed by atoms with van der Waals surface area (Å²) in [5.41, 5.74) is 1.18. The summed E-state index contributed by atoms with van der Waals surface area (Å²) in [4.78, 5) is 21.1. The fourth-order valence-corrected chi connectivity index (χ4v) is 4.79. The maximum Gasteiger partial charge on any atom is 0.335 e. The molecule has 4 rings (SSSR count). The number of carbonyl (C=O) groups excluding carboxylic acids is 1. The number of hydrogen-bond acceptors (Lipinski definition) is 9. The Balaban J connectivity index is 1.50. The van der Waals surface area contributed by atoms with Gasteiger partial charge in [0.1, 0.15) is 36.2 Å². The minimum absolute atomic E-state index is 0.0310. The second-order valence-electron chi connectivity index (χ2n) is 7.86. The number of aliphatic hydroxyl groups is 1. The van der Waals surface area contributed by atoms with Crippen LogP contribution >= 0.6 is 15.9 Å². The van der Waals surface area contributed by atoms with Crippen molar-refractivity contribution >= 4 is 37.8 Å². The molecule has 0 radical (unpaired) electrons. The first-order valence-electron chi connectivity index (χ1n) is 10.5. The summed E-state index contributed by atoms with van der Waals surface area (Å²) in [7, 11) is -3.00. The number of carbonyl (C=O) groups is 1. The Labute approximate surface area is 209 Å². The van der Waals surface area contributed by atoms with E-state index in [1.165, 1.54) is 12.5 Å². The third kappa shape index (κ3) is 5.90. The van der Waals surface area contributed by atoms with E-state index in [-0.39, 0.29) is 23.5 Å². The van der Waals surface area contributed by atoms with Crippen LogP contribution in [-0.4, -0.2) is 70.5 Å². The standard InChI is InChI=1S/C21H22BrFN6O5S/c1-24-35(32,33)34-17-8-16(18(23)20(17)31)27-21-14(9-25-11-26-21)19(30)15-5-6-29(28-15)10-12-3-2-4-13(22)7-12/h2-7,9,11,16-18,20,24,31H,8,10H2,1H3,(H,25,26,27)/t16-,17-,18-,20-/m1/s1. The van der Waals surface area contributed by atoms with Crippen molar-refractivity contribution in [3.63, 3.8) is 0 Å². The molecule has 14 heteroatoms. The van der Waals surface area contributed by atoms with Crippen LogP contribution < -0.4 is 10.0 Å². The van der Waals surface area contributed by atoms with E-state index < -0.39 is 40.5 Å². The minimum atomic E-state index is -4.13. The smallest absolute Gasteiger partial charge is 0.335 e. The summed E-state index contributed by atoms with van der Waals surface area (Å²) in [6, 6.07) is 8.18. The van der Waals surface area contributed by atoms with Crippen molar-refractivity contribution in [2.24, 2.45) is 0 Å². The number of aliphatic hydroxyl groups excluding tert-OH is 1. The van der Waals surface area contributed by atoms with Gasteiger partial charge in [0.05, 0.1) is 18.2 Å². The molecule has 0 aliphatic heterocycles. The molecule has 35 heavy (non-hydrogen) atoms. The van der Waals surface area contributed by atoms with Crippen molar-refractivity contribution in [2.75, 3.05) is 12.4 Å². The normalized spacial score (nSPS) is 22.3. The second-order valence-corrected chi connectivity index (χ2v) is 10.3. The maximum atomic E-state index is 14.7. The Hall–Kier alpha value is -2.78. The predicted molar refractivity (Wildman–Crippen MR) is 127 cm³/mol. The summed E-state index contributed by atoms with van der Waals surface area (Å²) in [6.07, 6.45) is -0.914. The van der Waals surface area contributed by atoms with Crippen LogP contribution in [0.5, 0.6) is 0 Å². The molecule has 3 aromatic rings. The third-order valence-electron chi connectivity index (χ3n) is 5.46. The average Bonchev–Trinajstić information content (AvgIpc) is 3.39. The number of rotatable bonds is 9. The lowest BCUT2D eigenvalue weighted by Gasteiger charge is -2.17. The second kappa shape index (κ2) is 10.5. The van der Waals surface area contributed by atoms with Crippen LogP contribution in [0.25, 0.3) is 0 Å². The lowest BCUT2D eigenvalue weighted by atomic mass is 10.1. The number of nitrogens with zero attached hydrogens (tertiary/aromatic N) is 4. The van der Waals surface area contributed by atoms with Crippen LogP contribution in [0.15, 0.2) is 53.5 Å². The molecule has 186 valence electrons. The molecule has 0 bridgehead atoms. The van der Waals surface area contributed by atoms with E-state index in [2.05, 4.69) is 36.3 Å². The summed E-state index contributed by atoms with van der Waals surface area (Å²) < 4.78 is 47.3. The minimum Gasteiger partial charge on any atom is -0.387 e. The van der Waals surface area contributed by atoms with Gasteiger partial charge < -0.3 is 10.4 Å². The molecule has 4 atom stereocenters.